The molecule has 0 fully saturated rings. The van der Waals surface area contributed by atoms with Gasteiger partial charge in [0.05, 0.1) is 0 Å². The summed E-state index contributed by atoms with van der Waals surface area (Å²) < 4.78 is 1.58. The summed E-state index contributed by atoms with van der Waals surface area (Å²) in [6.45, 7) is 4.97. The van der Waals surface area contributed by atoms with Crippen molar-refractivity contribution in [3.8, 4) is 0 Å². The number of ketones is 1. The molecule has 2 N–H and O–H groups in total. The number of hydrogen-bond acceptors (Lipinski definition) is 3. The minimum absolute atomic E-state index is 0.0148. The van der Waals surface area contributed by atoms with Gasteiger partial charge in [-0.2, -0.15) is 0 Å². The van der Waals surface area contributed by atoms with Crippen LogP contribution in [0.4, 0.5) is 0 Å². The van der Waals surface area contributed by atoms with Gasteiger partial charge in [0.1, 0.15) is 5.69 Å². The van der Waals surface area contributed by atoms with E-state index in [0.717, 1.165) is 0 Å². The first-order chi connectivity index (χ1) is 9.12. The first kappa shape index (κ1) is 15.9. The minimum atomic E-state index is -0.898. The van der Waals surface area contributed by atoms with Gasteiger partial charge in [-0.3, -0.25) is 14.4 Å². The summed E-state index contributed by atoms with van der Waals surface area (Å²) in [5.41, 5.74) is 0.218. The lowest BCUT2D eigenvalue weighted by molar-refractivity contribution is -0.137. The maximum Gasteiger partial charge on any atom is 0.303 e. The fourth-order valence-corrected chi connectivity index (χ4v) is 1.84. The van der Waals surface area contributed by atoms with Crippen molar-refractivity contribution in [1.82, 2.24) is 9.88 Å². The number of hydrogen-bond donors (Lipinski definition) is 2. The third kappa shape index (κ3) is 4.22. The molecule has 110 valence electrons. The highest BCUT2D eigenvalue weighted by atomic mass is 16.4. The lowest BCUT2D eigenvalue weighted by atomic mass is 9.98. The van der Waals surface area contributed by atoms with Crippen molar-refractivity contribution in [2.45, 2.75) is 39.2 Å². The van der Waals surface area contributed by atoms with Gasteiger partial charge in [-0.25, -0.2) is 0 Å². The van der Waals surface area contributed by atoms with E-state index in [9.17, 15) is 14.4 Å². The van der Waals surface area contributed by atoms with E-state index in [1.165, 1.54) is 13.0 Å². The van der Waals surface area contributed by atoms with Crippen LogP contribution in [0.5, 0.6) is 0 Å². The molecule has 6 nitrogen and oxygen atoms in total. The Morgan fingerprint density at radius 3 is 2.40 bits per heavy atom. The third-order valence-electron chi connectivity index (χ3n) is 3.06. The summed E-state index contributed by atoms with van der Waals surface area (Å²) in [6.07, 6.45) is 1.92. The Kier molecular flexibility index (Phi) is 4.70. The second-order valence-electron chi connectivity index (χ2n) is 5.51. The smallest absolute Gasteiger partial charge is 0.303 e. The van der Waals surface area contributed by atoms with Gasteiger partial charge in [0.2, 0.25) is 0 Å². The molecule has 1 amide bonds. The molecule has 0 aromatic carbocycles. The lowest BCUT2D eigenvalue weighted by Gasteiger charge is -2.25. The Hall–Kier alpha value is -2.11. The van der Waals surface area contributed by atoms with E-state index in [4.69, 9.17) is 5.11 Å². The molecule has 6 heteroatoms. The average molecular weight is 280 g/mol. The number of aryl methyl sites for hydroxylation is 1. The molecule has 0 unspecified atom stereocenters. The highest BCUT2D eigenvalue weighted by Crippen LogP contribution is 2.14. The van der Waals surface area contributed by atoms with Crippen LogP contribution in [0.2, 0.25) is 0 Å². The van der Waals surface area contributed by atoms with Gasteiger partial charge < -0.3 is 15.0 Å². The van der Waals surface area contributed by atoms with Gasteiger partial charge in [-0.15, -0.1) is 0 Å². The fourth-order valence-electron chi connectivity index (χ4n) is 1.84. The summed E-state index contributed by atoms with van der Waals surface area (Å²) in [5, 5.41) is 11.5. The maximum absolute atomic E-state index is 12.2. The number of rotatable bonds is 6. The zero-order chi connectivity index (χ0) is 15.5. The quantitative estimate of drug-likeness (QED) is 0.775. The van der Waals surface area contributed by atoms with Crippen molar-refractivity contribution in [2.24, 2.45) is 7.05 Å². The van der Waals surface area contributed by atoms with Crippen molar-refractivity contribution >= 4 is 17.7 Å². The van der Waals surface area contributed by atoms with E-state index >= 15 is 0 Å². The molecule has 0 atom stereocenters. The average Bonchev–Trinajstić information content (AvgIpc) is 2.68. The van der Waals surface area contributed by atoms with E-state index in [1.54, 1.807) is 31.7 Å². The molecule has 0 saturated heterocycles. The Morgan fingerprint density at radius 2 is 1.95 bits per heavy atom. The first-order valence-electron chi connectivity index (χ1n) is 6.34. The number of aromatic nitrogens is 1. The Balaban J connectivity index is 2.80. The largest absolute Gasteiger partial charge is 0.481 e. The number of carbonyl (C=O) groups excluding carboxylic acids is 2. The highest BCUT2D eigenvalue weighted by molar-refractivity contribution is 5.99. The van der Waals surface area contributed by atoms with Crippen LogP contribution >= 0.6 is 0 Å². The van der Waals surface area contributed by atoms with Crippen LogP contribution in [-0.2, 0) is 11.8 Å². The maximum atomic E-state index is 12.2. The predicted octanol–water partition coefficient (Wildman–Crippen LogP) is 1.60. The fraction of sp³-hybridized carbons (Fsp3) is 0.500. The standard InChI is InChI=1S/C14H20N2O4/c1-9(17)10-7-11(16(4)8-10)13(20)15-14(2,3)6-5-12(18)19/h7-8H,5-6H2,1-4H3,(H,15,20)(H,18,19). The summed E-state index contributed by atoms with van der Waals surface area (Å²) in [5.74, 6) is -1.33. The molecule has 1 aromatic rings. The van der Waals surface area contributed by atoms with Crippen LogP contribution in [0.15, 0.2) is 12.3 Å². The number of nitrogens with zero attached hydrogens (tertiary/aromatic N) is 1. The summed E-state index contributed by atoms with van der Waals surface area (Å²) in [4.78, 5) is 34.0. The van der Waals surface area contributed by atoms with Crippen LogP contribution in [-0.4, -0.2) is 32.9 Å². The topological polar surface area (TPSA) is 88.4 Å². The summed E-state index contributed by atoms with van der Waals surface area (Å²) in [6, 6.07) is 1.53. The number of carbonyl (C=O) groups is 3. The van der Waals surface area contributed by atoms with Crippen molar-refractivity contribution < 1.29 is 19.5 Å². The molecule has 0 aliphatic rings. The van der Waals surface area contributed by atoms with Gasteiger partial charge in [-0.05, 0) is 33.3 Å². The number of carboxylic acid groups (broad SMARTS) is 1. The SMILES string of the molecule is CC(=O)c1cc(C(=O)NC(C)(C)CCC(=O)O)n(C)c1. The first-order valence-corrected chi connectivity index (χ1v) is 6.34. The molecule has 0 aliphatic heterocycles. The number of aliphatic carboxylic acids is 1. The van der Waals surface area contributed by atoms with E-state index in [1.807, 2.05) is 0 Å². The van der Waals surface area contributed by atoms with Gasteiger partial charge in [-0.1, -0.05) is 0 Å². The predicted molar refractivity (Wildman–Crippen MR) is 73.8 cm³/mol. The number of nitrogens with one attached hydrogen (secondary N) is 1. The zero-order valence-electron chi connectivity index (χ0n) is 12.2. The third-order valence-corrected chi connectivity index (χ3v) is 3.06. The molecular formula is C14H20N2O4. The summed E-state index contributed by atoms with van der Waals surface area (Å²) >= 11 is 0. The van der Waals surface area contributed by atoms with Gasteiger partial charge in [0, 0.05) is 30.8 Å². The van der Waals surface area contributed by atoms with Crippen molar-refractivity contribution in [1.29, 1.82) is 0 Å². The molecule has 20 heavy (non-hydrogen) atoms. The zero-order valence-corrected chi connectivity index (χ0v) is 12.2. The second kappa shape index (κ2) is 5.90. The van der Waals surface area contributed by atoms with E-state index < -0.39 is 11.5 Å². The van der Waals surface area contributed by atoms with Gasteiger partial charge in [0.15, 0.2) is 5.78 Å². The molecule has 0 aliphatic carbocycles. The minimum Gasteiger partial charge on any atom is -0.481 e. The van der Waals surface area contributed by atoms with Crippen LogP contribution in [0.25, 0.3) is 0 Å². The molecule has 1 heterocycles. The van der Waals surface area contributed by atoms with Crippen molar-refractivity contribution in [3.63, 3.8) is 0 Å². The molecular weight excluding hydrogens is 260 g/mol. The van der Waals surface area contributed by atoms with Crippen LogP contribution in [0, 0.1) is 0 Å². The second-order valence-corrected chi connectivity index (χ2v) is 5.51. The number of carboxylic acids is 1. The Bertz CT molecular complexity index is 543. The number of Topliss-reactive ketones (excluding diaryl/α,β-unsaturated/α-hetero) is 1. The molecule has 1 rings (SSSR count). The number of amides is 1. The Morgan fingerprint density at radius 1 is 1.35 bits per heavy atom. The molecule has 0 bridgehead atoms. The van der Waals surface area contributed by atoms with E-state index in [-0.39, 0.29) is 18.1 Å². The van der Waals surface area contributed by atoms with E-state index in [2.05, 4.69) is 5.32 Å². The van der Waals surface area contributed by atoms with Gasteiger partial charge in [0.25, 0.3) is 5.91 Å². The normalized spacial score (nSPS) is 11.2. The molecule has 0 radical (unpaired) electrons. The highest BCUT2D eigenvalue weighted by Gasteiger charge is 2.24. The van der Waals surface area contributed by atoms with Crippen molar-refractivity contribution in [3.05, 3.63) is 23.5 Å². The van der Waals surface area contributed by atoms with Crippen molar-refractivity contribution in [2.75, 3.05) is 0 Å². The van der Waals surface area contributed by atoms with E-state index in [0.29, 0.717) is 17.7 Å². The molecule has 0 saturated carbocycles. The molecule has 0 spiro atoms. The molecule has 1 aromatic heterocycles. The monoisotopic (exact) mass is 280 g/mol. The Labute approximate surface area is 117 Å². The van der Waals surface area contributed by atoms with Crippen LogP contribution in [0.3, 0.4) is 0 Å². The summed E-state index contributed by atoms with van der Waals surface area (Å²) in [7, 11) is 1.69. The lowest BCUT2D eigenvalue weighted by Crippen LogP contribution is -2.44. The van der Waals surface area contributed by atoms with Crippen LogP contribution < -0.4 is 5.32 Å². The van der Waals surface area contributed by atoms with Gasteiger partial charge >= 0.3 is 5.97 Å². The van der Waals surface area contributed by atoms with Crippen LogP contribution in [0.1, 0.15) is 54.5 Å².